The van der Waals surface area contributed by atoms with Crippen LogP contribution in [0.1, 0.15) is 54.4 Å². The molecule has 0 bridgehead atoms. The zero-order valence-corrected chi connectivity index (χ0v) is 15.9. The molecular formula is C22H25N3O3. The van der Waals surface area contributed by atoms with Crippen molar-refractivity contribution in [3.63, 3.8) is 0 Å². The lowest BCUT2D eigenvalue weighted by molar-refractivity contribution is 0.00821. The quantitative estimate of drug-likeness (QED) is 0.760. The van der Waals surface area contributed by atoms with Crippen LogP contribution in [0.2, 0.25) is 0 Å². The number of ether oxygens (including phenoxy) is 1. The smallest absolute Gasteiger partial charge is 0.152 e. The fraction of sp³-hybridized carbons (Fsp3) is 0.545. The average Bonchev–Trinajstić information content (AvgIpc) is 3.26. The number of fused-ring (bicyclic) bond motifs is 2. The van der Waals surface area contributed by atoms with Gasteiger partial charge in [-0.2, -0.15) is 0 Å². The molecule has 6 heteroatoms. The maximum Gasteiger partial charge on any atom is 0.152 e. The van der Waals surface area contributed by atoms with Crippen molar-refractivity contribution in [1.29, 1.82) is 0 Å². The molecule has 1 aromatic carbocycles. The van der Waals surface area contributed by atoms with Gasteiger partial charge in [-0.05, 0) is 62.1 Å². The molecule has 1 aromatic heterocycles. The molecule has 1 aliphatic heterocycles. The normalized spacial score (nSPS) is 26.5. The Morgan fingerprint density at radius 1 is 1.07 bits per heavy atom. The van der Waals surface area contributed by atoms with Crippen molar-refractivity contribution in [1.82, 2.24) is 10.2 Å². The Balaban J connectivity index is 1.45. The number of anilines is 1. The zero-order chi connectivity index (χ0) is 18.9. The summed E-state index contributed by atoms with van der Waals surface area (Å²) in [6.07, 6.45) is 7.51. The average molecular weight is 379 g/mol. The van der Waals surface area contributed by atoms with Crippen LogP contribution in [0, 0.1) is 0 Å². The second-order valence-corrected chi connectivity index (χ2v) is 8.85. The lowest BCUT2D eigenvalue weighted by Gasteiger charge is -2.35. The van der Waals surface area contributed by atoms with E-state index in [0.29, 0.717) is 12.4 Å². The Hall–Kier alpha value is -2.18. The van der Waals surface area contributed by atoms with Crippen LogP contribution in [0.3, 0.4) is 0 Å². The number of phenols is 1. The van der Waals surface area contributed by atoms with E-state index in [1.54, 1.807) is 0 Å². The lowest BCUT2D eigenvalue weighted by Crippen LogP contribution is -2.43. The van der Waals surface area contributed by atoms with Crippen molar-refractivity contribution >= 4 is 5.82 Å². The summed E-state index contributed by atoms with van der Waals surface area (Å²) in [5.41, 5.74) is 5.93. The topological polar surface area (TPSA) is 87.5 Å². The molecule has 2 aromatic rings. The molecule has 146 valence electrons. The minimum Gasteiger partial charge on any atom is -0.507 e. The Morgan fingerprint density at radius 2 is 1.96 bits per heavy atom. The van der Waals surface area contributed by atoms with Crippen LogP contribution in [-0.2, 0) is 30.6 Å². The van der Waals surface area contributed by atoms with Gasteiger partial charge in [-0.25, -0.2) is 0 Å². The largest absolute Gasteiger partial charge is 0.507 e. The van der Waals surface area contributed by atoms with Crippen LogP contribution in [0.4, 0.5) is 5.82 Å². The highest BCUT2D eigenvalue weighted by Gasteiger charge is 2.48. The number of aromatic hydroxyl groups is 1. The highest BCUT2D eigenvalue weighted by molar-refractivity contribution is 5.75. The number of nitrogens with zero attached hydrogens (tertiary/aromatic N) is 2. The Kier molecular flexibility index (Phi) is 3.53. The molecule has 1 unspecified atom stereocenters. The SMILES string of the molecule is Oc1c(-c2nnc(NC3CC[C@H]3O)c3c2COC2(CC2)C3)ccc2c1CCC2. The lowest BCUT2D eigenvalue weighted by atomic mass is 9.88. The number of aliphatic hydroxyl groups is 1. The summed E-state index contributed by atoms with van der Waals surface area (Å²) in [5, 5.41) is 33.3. The second kappa shape index (κ2) is 5.91. The summed E-state index contributed by atoms with van der Waals surface area (Å²) in [4.78, 5) is 0. The molecule has 6 rings (SSSR count). The van der Waals surface area contributed by atoms with Crippen molar-refractivity contribution in [2.45, 2.75) is 75.7 Å². The van der Waals surface area contributed by atoms with Crippen molar-refractivity contribution in [2.24, 2.45) is 0 Å². The van der Waals surface area contributed by atoms with Gasteiger partial charge in [0.15, 0.2) is 5.82 Å². The van der Waals surface area contributed by atoms with Gasteiger partial charge in [0.1, 0.15) is 11.4 Å². The number of rotatable bonds is 3. The molecule has 2 saturated carbocycles. The summed E-state index contributed by atoms with van der Waals surface area (Å²) >= 11 is 0. The first-order chi connectivity index (χ1) is 13.6. The van der Waals surface area contributed by atoms with E-state index in [1.165, 1.54) is 5.56 Å². The summed E-state index contributed by atoms with van der Waals surface area (Å²) in [5.74, 6) is 1.13. The first-order valence-corrected chi connectivity index (χ1v) is 10.4. The van der Waals surface area contributed by atoms with Gasteiger partial charge in [0.25, 0.3) is 0 Å². The number of aromatic nitrogens is 2. The van der Waals surface area contributed by atoms with Gasteiger partial charge in [0.2, 0.25) is 0 Å². The van der Waals surface area contributed by atoms with Gasteiger partial charge in [-0.15, -0.1) is 10.2 Å². The minimum atomic E-state index is -0.312. The maximum absolute atomic E-state index is 10.9. The Labute approximate surface area is 164 Å². The molecule has 4 aliphatic rings. The van der Waals surface area contributed by atoms with Crippen LogP contribution in [-0.4, -0.2) is 38.2 Å². The van der Waals surface area contributed by atoms with E-state index in [-0.39, 0.29) is 17.7 Å². The van der Waals surface area contributed by atoms with Crippen LogP contribution < -0.4 is 5.32 Å². The predicted octanol–water partition coefficient (Wildman–Crippen LogP) is 2.88. The molecule has 3 N–H and O–H groups in total. The molecule has 28 heavy (non-hydrogen) atoms. The van der Waals surface area contributed by atoms with E-state index < -0.39 is 0 Å². The number of aliphatic hydroxyl groups excluding tert-OH is 1. The number of benzene rings is 1. The molecule has 3 aliphatic carbocycles. The highest BCUT2D eigenvalue weighted by atomic mass is 16.5. The van der Waals surface area contributed by atoms with Crippen LogP contribution in [0.5, 0.6) is 5.75 Å². The van der Waals surface area contributed by atoms with E-state index in [4.69, 9.17) is 4.74 Å². The maximum atomic E-state index is 10.9. The number of hydrogen-bond acceptors (Lipinski definition) is 6. The summed E-state index contributed by atoms with van der Waals surface area (Å²) < 4.78 is 6.19. The number of aryl methyl sites for hydroxylation is 1. The minimum absolute atomic E-state index is 0.0397. The second-order valence-electron chi connectivity index (χ2n) is 8.85. The van der Waals surface area contributed by atoms with E-state index in [9.17, 15) is 10.2 Å². The molecule has 1 spiro atoms. The van der Waals surface area contributed by atoms with Gasteiger partial charge >= 0.3 is 0 Å². The Bertz CT molecular complexity index is 970. The van der Waals surface area contributed by atoms with Crippen molar-refractivity contribution in [2.75, 3.05) is 5.32 Å². The first-order valence-electron chi connectivity index (χ1n) is 10.4. The molecular weight excluding hydrogens is 354 g/mol. The van der Waals surface area contributed by atoms with E-state index >= 15 is 0 Å². The van der Waals surface area contributed by atoms with Crippen molar-refractivity contribution < 1.29 is 14.9 Å². The summed E-state index contributed by atoms with van der Waals surface area (Å²) in [6.45, 7) is 0.499. The third kappa shape index (κ3) is 2.47. The van der Waals surface area contributed by atoms with Crippen LogP contribution in [0.25, 0.3) is 11.3 Å². The standard InChI is InChI=1S/C22H25N3O3/c26-18-7-6-17(18)23-21-15-10-22(8-9-22)28-11-16(15)19(24-25-21)14-5-4-12-2-1-3-13(12)20(14)27/h4-5,17-18,26-27H,1-3,6-11H2,(H,23,25)/t17?,18-/m1/s1. The molecule has 0 saturated heterocycles. The summed E-state index contributed by atoms with van der Waals surface area (Å²) in [6, 6.07) is 4.15. The zero-order valence-electron chi connectivity index (χ0n) is 15.9. The van der Waals surface area contributed by atoms with Crippen LogP contribution >= 0.6 is 0 Å². The number of nitrogens with one attached hydrogen (secondary N) is 1. The first kappa shape index (κ1) is 16.7. The van der Waals surface area contributed by atoms with Gasteiger partial charge in [0, 0.05) is 23.1 Å². The molecule has 0 amide bonds. The number of hydrogen-bond donors (Lipinski definition) is 3. The number of phenolic OH excluding ortho intramolecular Hbond substituents is 1. The van der Waals surface area contributed by atoms with Gasteiger partial charge in [-0.3, -0.25) is 0 Å². The molecule has 2 heterocycles. The molecule has 2 atom stereocenters. The third-order valence-corrected chi connectivity index (χ3v) is 7.08. The van der Waals surface area contributed by atoms with E-state index in [0.717, 1.165) is 85.1 Å². The van der Waals surface area contributed by atoms with Gasteiger partial charge < -0.3 is 20.3 Å². The van der Waals surface area contributed by atoms with E-state index in [2.05, 4.69) is 21.6 Å². The molecule has 6 nitrogen and oxygen atoms in total. The predicted molar refractivity (Wildman–Crippen MR) is 104 cm³/mol. The van der Waals surface area contributed by atoms with Crippen LogP contribution in [0.15, 0.2) is 12.1 Å². The molecule has 2 fully saturated rings. The van der Waals surface area contributed by atoms with E-state index in [1.807, 2.05) is 6.07 Å². The monoisotopic (exact) mass is 379 g/mol. The summed E-state index contributed by atoms with van der Waals surface area (Å²) in [7, 11) is 0. The molecule has 0 radical (unpaired) electrons. The third-order valence-electron chi connectivity index (χ3n) is 7.08. The Morgan fingerprint density at radius 3 is 2.71 bits per heavy atom. The highest BCUT2D eigenvalue weighted by Crippen LogP contribution is 2.50. The fourth-order valence-corrected chi connectivity index (χ4v) is 4.91. The van der Waals surface area contributed by atoms with Crippen molar-refractivity contribution in [3.05, 3.63) is 34.4 Å². The van der Waals surface area contributed by atoms with Gasteiger partial charge in [0.05, 0.1) is 24.4 Å². The fourth-order valence-electron chi connectivity index (χ4n) is 4.91. The van der Waals surface area contributed by atoms with Gasteiger partial charge in [-0.1, -0.05) is 6.07 Å². The van der Waals surface area contributed by atoms with Crippen molar-refractivity contribution in [3.8, 4) is 17.0 Å².